The normalized spacial score (nSPS) is 21.1. The molecular weight excluding hydrogens is 190 g/mol. The lowest BCUT2D eigenvalue weighted by molar-refractivity contribution is 0.156. The predicted molar refractivity (Wildman–Crippen MR) is 59.3 cm³/mol. The van der Waals surface area contributed by atoms with Crippen molar-refractivity contribution in [2.45, 2.75) is 19.0 Å². The zero-order valence-electron chi connectivity index (χ0n) is 9.02. The SMILES string of the molecule is CN(Cc1ccc(N)nc1)C1CCOC1. The maximum Gasteiger partial charge on any atom is 0.123 e. The van der Waals surface area contributed by atoms with E-state index in [9.17, 15) is 0 Å². The molecule has 1 unspecified atom stereocenters. The second-order valence-electron chi connectivity index (χ2n) is 4.02. The van der Waals surface area contributed by atoms with Crippen molar-refractivity contribution < 1.29 is 4.74 Å². The van der Waals surface area contributed by atoms with Crippen LogP contribution in [0.5, 0.6) is 0 Å². The molecule has 4 heteroatoms. The first-order chi connectivity index (χ1) is 7.25. The summed E-state index contributed by atoms with van der Waals surface area (Å²) in [6.45, 7) is 2.63. The average molecular weight is 207 g/mol. The summed E-state index contributed by atoms with van der Waals surface area (Å²) in [7, 11) is 2.12. The van der Waals surface area contributed by atoms with Crippen LogP contribution in [-0.4, -0.2) is 36.2 Å². The molecule has 82 valence electrons. The number of hydrogen-bond donors (Lipinski definition) is 1. The molecule has 2 N–H and O–H groups in total. The van der Waals surface area contributed by atoms with Gasteiger partial charge in [0.05, 0.1) is 6.61 Å². The van der Waals surface area contributed by atoms with Gasteiger partial charge in [0.2, 0.25) is 0 Å². The van der Waals surface area contributed by atoms with Gasteiger partial charge >= 0.3 is 0 Å². The lowest BCUT2D eigenvalue weighted by Gasteiger charge is -2.22. The number of anilines is 1. The van der Waals surface area contributed by atoms with Crippen LogP contribution in [0.15, 0.2) is 18.3 Å². The van der Waals surface area contributed by atoms with Crippen molar-refractivity contribution in [1.29, 1.82) is 0 Å². The molecule has 0 aromatic carbocycles. The fourth-order valence-electron chi connectivity index (χ4n) is 1.82. The van der Waals surface area contributed by atoms with Gasteiger partial charge in [-0.25, -0.2) is 4.98 Å². The Morgan fingerprint density at radius 3 is 3.07 bits per heavy atom. The molecule has 2 rings (SSSR count). The van der Waals surface area contributed by atoms with E-state index in [-0.39, 0.29) is 0 Å². The van der Waals surface area contributed by atoms with Gasteiger partial charge in [0.15, 0.2) is 0 Å². The van der Waals surface area contributed by atoms with Crippen LogP contribution in [0.4, 0.5) is 5.82 Å². The van der Waals surface area contributed by atoms with Crippen LogP contribution in [-0.2, 0) is 11.3 Å². The van der Waals surface area contributed by atoms with Crippen LogP contribution in [0, 0.1) is 0 Å². The summed E-state index contributed by atoms with van der Waals surface area (Å²) in [6, 6.07) is 4.41. The monoisotopic (exact) mass is 207 g/mol. The molecule has 4 nitrogen and oxygen atoms in total. The van der Waals surface area contributed by atoms with E-state index < -0.39 is 0 Å². The molecule has 15 heavy (non-hydrogen) atoms. The molecule has 0 spiro atoms. The Balaban J connectivity index is 1.92. The fourth-order valence-corrected chi connectivity index (χ4v) is 1.82. The predicted octanol–water partition coefficient (Wildman–Crippen LogP) is 0.885. The number of likely N-dealkylation sites (N-methyl/N-ethyl adjacent to an activating group) is 1. The highest BCUT2D eigenvalue weighted by atomic mass is 16.5. The molecule has 1 aliphatic rings. The Labute approximate surface area is 90.0 Å². The minimum atomic E-state index is 0.544. The van der Waals surface area contributed by atoms with Gasteiger partial charge in [-0.3, -0.25) is 4.90 Å². The molecule has 0 radical (unpaired) electrons. The average Bonchev–Trinajstić information content (AvgIpc) is 2.74. The van der Waals surface area contributed by atoms with Crippen LogP contribution in [0.3, 0.4) is 0 Å². The fraction of sp³-hybridized carbons (Fsp3) is 0.545. The maximum absolute atomic E-state index is 5.53. The van der Waals surface area contributed by atoms with Gasteiger partial charge < -0.3 is 10.5 Å². The van der Waals surface area contributed by atoms with Gasteiger partial charge in [-0.1, -0.05) is 6.07 Å². The largest absolute Gasteiger partial charge is 0.384 e. The maximum atomic E-state index is 5.53. The quantitative estimate of drug-likeness (QED) is 0.799. The summed E-state index contributed by atoms with van der Waals surface area (Å²) >= 11 is 0. The Morgan fingerprint density at radius 2 is 2.47 bits per heavy atom. The van der Waals surface area contributed by atoms with Crippen LogP contribution < -0.4 is 5.73 Å². The second kappa shape index (κ2) is 4.59. The summed E-state index contributed by atoms with van der Waals surface area (Å²) in [4.78, 5) is 6.38. The molecule has 1 saturated heterocycles. The Kier molecular flexibility index (Phi) is 3.18. The second-order valence-corrected chi connectivity index (χ2v) is 4.02. The summed E-state index contributed by atoms with van der Waals surface area (Å²) in [5, 5.41) is 0. The lowest BCUT2D eigenvalue weighted by Crippen LogP contribution is -2.31. The third-order valence-corrected chi connectivity index (χ3v) is 2.81. The molecular formula is C11H17N3O. The molecule has 0 saturated carbocycles. The van der Waals surface area contributed by atoms with Gasteiger partial charge in [0.1, 0.15) is 5.82 Å². The van der Waals surface area contributed by atoms with Crippen LogP contribution in [0.25, 0.3) is 0 Å². The number of nitrogen functional groups attached to an aromatic ring is 1. The first-order valence-electron chi connectivity index (χ1n) is 5.24. The van der Waals surface area contributed by atoms with Crippen LogP contribution >= 0.6 is 0 Å². The van der Waals surface area contributed by atoms with Gasteiger partial charge in [0, 0.05) is 25.4 Å². The van der Waals surface area contributed by atoms with Crippen molar-refractivity contribution in [3.8, 4) is 0 Å². The smallest absolute Gasteiger partial charge is 0.123 e. The Morgan fingerprint density at radius 1 is 1.60 bits per heavy atom. The Bertz CT molecular complexity index is 306. The lowest BCUT2D eigenvalue weighted by atomic mass is 10.2. The number of nitrogens with two attached hydrogens (primary N) is 1. The van der Waals surface area contributed by atoms with Crippen molar-refractivity contribution in [2.75, 3.05) is 26.0 Å². The van der Waals surface area contributed by atoms with Crippen molar-refractivity contribution in [3.63, 3.8) is 0 Å². The van der Waals surface area contributed by atoms with Gasteiger partial charge in [-0.15, -0.1) is 0 Å². The zero-order valence-corrected chi connectivity index (χ0v) is 9.02. The van der Waals surface area contributed by atoms with Crippen molar-refractivity contribution >= 4 is 5.82 Å². The van der Waals surface area contributed by atoms with E-state index in [1.807, 2.05) is 18.3 Å². The van der Waals surface area contributed by atoms with Crippen molar-refractivity contribution in [3.05, 3.63) is 23.9 Å². The van der Waals surface area contributed by atoms with Crippen molar-refractivity contribution in [1.82, 2.24) is 9.88 Å². The molecule has 1 atom stereocenters. The standard InChI is InChI=1S/C11H17N3O/c1-14(10-4-5-15-8-10)7-9-2-3-11(12)13-6-9/h2-3,6,10H,4-5,7-8H2,1H3,(H2,12,13). The summed E-state index contributed by atoms with van der Waals surface area (Å²) in [5.41, 5.74) is 6.73. The first kappa shape index (κ1) is 10.4. The van der Waals surface area contributed by atoms with E-state index >= 15 is 0 Å². The van der Waals surface area contributed by atoms with Crippen LogP contribution in [0.1, 0.15) is 12.0 Å². The molecule has 1 aromatic heterocycles. The molecule has 2 heterocycles. The molecule has 1 fully saturated rings. The van der Waals surface area contributed by atoms with E-state index in [0.29, 0.717) is 11.9 Å². The van der Waals surface area contributed by atoms with Crippen LogP contribution in [0.2, 0.25) is 0 Å². The van der Waals surface area contributed by atoms with E-state index in [4.69, 9.17) is 10.5 Å². The van der Waals surface area contributed by atoms with E-state index in [0.717, 1.165) is 26.2 Å². The molecule has 0 amide bonds. The first-order valence-corrected chi connectivity index (χ1v) is 5.24. The van der Waals surface area contributed by atoms with Gasteiger partial charge in [-0.2, -0.15) is 0 Å². The summed E-state index contributed by atoms with van der Waals surface area (Å²) in [5.74, 6) is 0.575. The third-order valence-electron chi connectivity index (χ3n) is 2.81. The Hall–Kier alpha value is -1.13. The highest BCUT2D eigenvalue weighted by Gasteiger charge is 2.19. The number of hydrogen-bond acceptors (Lipinski definition) is 4. The van der Waals surface area contributed by atoms with Crippen molar-refractivity contribution in [2.24, 2.45) is 0 Å². The van der Waals surface area contributed by atoms with Gasteiger partial charge in [-0.05, 0) is 25.1 Å². The number of nitrogens with zero attached hydrogens (tertiary/aromatic N) is 2. The minimum Gasteiger partial charge on any atom is -0.384 e. The highest BCUT2D eigenvalue weighted by Crippen LogP contribution is 2.13. The van der Waals surface area contributed by atoms with E-state index in [2.05, 4.69) is 16.9 Å². The number of ether oxygens (including phenoxy) is 1. The summed E-state index contributed by atoms with van der Waals surface area (Å²) in [6.07, 6.45) is 2.96. The number of rotatable bonds is 3. The summed E-state index contributed by atoms with van der Waals surface area (Å²) < 4.78 is 5.36. The van der Waals surface area contributed by atoms with E-state index in [1.165, 1.54) is 5.56 Å². The molecule has 0 bridgehead atoms. The van der Waals surface area contributed by atoms with E-state index in [1.54, 1.807) is 0 Å². The number of pyridine rings is 1. The minimum absolute atomic E-state index is 0.544. The topological polar surface area (TPSA) is 51.4 Å². The van der Waals surface area contributed by atoms with Gasteiger partial charge in [0.25, 0.3) is 0 Å². The molecule has 1 aliphatic heterocycles. The zero-order chi connectivity index (χ0) is 10.7. The molecule has 1 aromatic rings. The number of aromatic nitrogens is 1. The third kappa shape index (κ3) is 2.67. The molecule has 0 aliphatic carbocycles. The highest BCUT2D eigenvalue weighted by molar-refractivity contribution is 5.29.